The van der Waals surface area contributed by atoms with Crippen LogP contribution in [0.1, 0.15) is 46.5 Å². The second kappa shape index (κ2) is 17.2. The highest BCUT2D eigenvalue weighted by Gasteiger charge is 2.04. The zero-order valence-corrected chi connectivity index (χ0v) is 13.4. The Bertz CT molecular complexity index is 268. The Balaban J connectivity index is 0. The van der Waals surface area contributed by atoms with E-state index in [1.54, 1.807) is 18.2 Å². The lowest BCUT2D eigenvalue weighted by Crippen LogP contribution is -1.98. The Morgan fingerprint density at radius 1 is 1.21 bits per heavy atom. The lowest BCUT2D eigenvalue weighted by Gasteiger charge is -2.01. The summed E-state index contributed by atoms with van der Waals surface area (Å²) in [6.45, 7) is 14.9. The molecule has 0 atom stereocenters. The van der Waals surface area contributed by atoms with Crippen molar-refractivity contribution in [1.82, 2.24) is 0 Å². The predicted octanol–water partition coefficient (Wildman–Crippen LogP) is 5.13. The van der Waals surface area contributed by atoms with Gasteiger partial charge in [-0.1, -0.05) is 63.8 Å². The van der Waals surface area contributed by atoms with Crippen LogP contribution in [0.3, 0.4) is 0 Å². The molecule has 0 spiro atoms. The fraction of sp³-hybridized carbons (Fsp3) is 0.562. The number of hydrogen-bond donors (Lipinski definition) is 0. The number of carbonyl (C=O) groups is 1. The summed E-state index contributed by atoms with van der Waals surface area (Å²) in [7, 11) is 0. The van der Waals surface area contributed by atoms with Crippen LogP contribution in [0.5, 0.6) is 0 Å². The third-order valence-corrected chi connectivity index (χ3v) is 3.06. The number of hydrogen-bond acceptors (Lipinski definition) is 3. The molecule has 2 nitrogen and oxygen atoms in total. The number of carbonyl (C=O) groups excluding carboxylic acids is 1. The summed E-state index contributed by atoms with van der Waals surface area (Å²) in [6, 6.07) is 0. The van der Waals surface area contributed by atoms with E-state index in [1.165, 1.54) is 24.6 Å². The zero-order chi connectivity index (χ0) is 14.9. The Hall–Kier alpha value is -0.800. The first kappa shape index (κ1) is 20.5. The molecule has 0 fully saturated rings. The van der Waals surface area contributed by atoms with Gasteiger partial charge in [0.1, 0.15) is 0 Å². The molecule has 0 aromatic carbocycles. The van der Waals surface area contributed by atoms with Gasteiger partial charge >= 0.3 is 0 Å². The van der Waals surface area contributed by atoms with Crippen LogP contribution >= 0.6 is 11.8 Å². The first-order valence-electron chi connectivity index (χ1n) is 6.89. The Morgan fingerprint density at radius 2 is 1.84 bits per heavy atom. The number of rotatable bonds is 9. The van der Waals surface area contributed by atoms with Crippen molar-refractivity contribution in [3.63, 3.8) is 0 Å². The standard InChI is InChI=1S/C12H18O2S.C4H10/c1-4-8-11(5-2)15-12(13)9-7-10-14-6-3;1-3-4-2/h4-5,8H,1-2,6-7,9-10H2,3H3;3-4H2,1-2H3/b11-8+;. The maximum absolute atomic E-state index is 11.4. The average Bonchev–Trinajstić information content (AvgIpc) is 2.43. The van der Waals surface area contributed by atoms with Gasteiger partial charge in [0.2, 0.25) is 0 Å². The van der Waals surface area contributed by atoms with Gasteiger partial charge in [-0.05, 0) is 19.4 Å². The molecule has 0 radical (unpaired) electrons. The van der Waals surface area contributed by atoms with E-state index in [4.69, 9.17) is 4.74 Å². The van der Waals surface area contributed by atoms with Crippen LogP contribution in [0.25, 0.3) is 0 Å². The minimum atomic E-state index is 0.141. The van der Waals surface area contributed by atoms with Gasteiger partial charge in [-0.15, -0.1) is 0 Å². The van der Waals surface area contributed by atoms with Gasteiger partial charge < -0.3 is 4.74 Å². The lowest BCUT2D eigenvalue weighted by molar-refractivity contribution is -0.111. The van der Waals surface area contributed by atoms with Crippen LogP contribution in [0.15, 0.2) is 36.3 Å². The Morgan fingerprint density at radius 3 is 2.26 bits per heavy atom. The molecule has 0 aromatic rings. The Kier molecular flexibility index (Phi) is 18.6. The topological polar surface area (TPSA) is 26.3 Å². The summed E-state index contributed by atoms with van der Waals surface area (Å²) in [5, 5.41) is 0.141. The molecule has 0 heterocycles. The number of allylic oxidation sites excluding steroid dienone is 3. The third kappa shape index (κ3) is 17.2. The van der Waals surface area contributed by atoms with Crippen LogP contribution in [0.2, 0.25) is 0 Å². The summed E-state index contributed by atoms with van der Waals surface area (Å²) in [5.41, 5.74) is 0. The molecule has 110 valence electrons. The second-order valence-electron chi connectivity index (χ2n) is 3.78. The molecule has 0 aliphatic carbocycles. The first-order chi connectivity index (χ1) is 9.15. The first-order valence-corrected chi connectivity index (χ1v) is 7.71. The maximum Gasteiger partial charge on any atom is 0.193 e. The molecule has 0 unspecified atom stereocenters. The average molecular weight is 284 g/mol. The third-order valence-electron chi connectivity index (χ3n) is 2.09. The SMILES string of the molecule is C=C/C=C(\C=C)SC(=O)CCCOCC.CCCC. The highest BCUT2D eigenvalue weighted by atomic mass is 32.2. The highest BCUT2D eigenvalue weighted by molar-refractivity contribution is 8.17. The fourth-order valence-electron chi connectivity index (χ4n) is 0.905. The molecule has 0 amide bonds. The molecule has 3 heteroatoms. The van der Waals surface area contributed by atoms with Crippen LogP contribution in [-0.2, 0) is 9.53 Å². The molecule has 0 saturated heterocycles. The summed E-state index contributed by atoms with van der Waals surface area (Å²) in [4.78, 5) is 12.3. The summed E-state index contributed by atoms with van der Waals surface area (Å²) in [5.74, 6) is 0. The molecule has 0 aliphatic rings. The van der Waals surface area contributed by atoms with E-state index < -0.39 is 0 Å². The molecule has 0 rings (SSSR count). The van der Waals surface area contributed by atoms with Crippen molar-refractivity contribution < 1.29 is 9.53 Å². The van der Waals surface area contributed by atoms with E-state index in [-0.39, 0.29) is 5.12 Å². The molecule has 0 bridgehead atoms. The molecular formula is C16H28O2S. The van der Waals surface area contributed by atoms with Crippen LogP contribution < -0.4 is 0 Å². The smallest absolute Gasteiger partial charge is 0.193 e. The summed E-state index contributed by atoms with van der Waals surface area (Å²) >= 11 is 1.20. The van der Waals surface area contributed by atoms with Crippen LogP contribution in [0, 0.1) is 0 Å². The zero-order valence-electron chi connectivity index (χ0n) is 12.6. The lowest BCUT2D eigenvalue weighted by atomic mass is 10.3. The van der Waals surface area contributed by atoms with E-state index in [9.17, 15) is 4.79 Å². The van der Waals surface area contributed by atoms with E-state index in [0.717, 1.165) is 11.3 Å². The van der Waals surface area contributed by atoms with Gasteiger partial charge in [0.15, 0.2) is 5.12 Å². The van der Waals surface area contributed by atoms with Gasteiger partial charge in [0.05, 0.1) is 0 Å². The molecule has 0 aliphatic heterocycles. The van der Waals surface area contributed by atoms with Crippen molar-refractivity contribution >= 4 is 16.9 Å². The number of unbranched alkanes of at least 4 members (excludes halogenated alkanes) is 1. The second-order valence-corrected chi connectivity index (χ2v) is 4.91. The van der Waals surface area contributed by atoms with Gasteiger partial charge in [0, 0.05) is 24.5 Å². The van der Waals surface area contributed by atoms with Gasteiger partial charge in [-0.25, -0.2) is 0 Å². The molecule has 0 saturated carbocycles. The number of thioether (sulfide) groups is 1. The maximum atomic E-state index is 11.4. The molecule has 19 heavy (non-hydrogen) atoms. The molecule has 0 N–H and O–H groups in total. The van der Waals surface area contributed by atoms with Crippen molar-refractivity contribution in [2.24, 2.45) is 0 Å². The van der Waals surface area contributed by atoms with Gasteiger partial charge in [-0.2, -0.15) is 0 Å². The van der Waals surface area contributed by atoms with Crippen molar-refractivity contribution in [2.45, 2.75) is 46.5 Å². The van der Waals surface area contributed by atoms with Crippen molar-refractivity contribution in [1.29, 1.82) is 0 Å². The van der Waals surface area contributed by atoms with Crippen molar-refractivity contribution in [3.8, 4) is 0 Å². The monoisotopic (exact) mass is 284 g/mol. The molecule has 0 aromatic heterocycles. The molecular weight excluding hydrogens is 256 g/mol. The highest BCUT2D eigenvalue weighted by Crippen LogP contribution is 2.19. The predicted molar refractivity (Wildman–Crippen MR) is 87.4 cm³/mol. The van der Waals surface area contributed by atoms with E-state index >= 15 is 0 Å². The summed E-state index contributed by atoms with van der Waals surface area (Å²) < 4.78 is 5.15. The minimum Gasteiger partial charge on any atom is -0.382 e. The van der Waals surface area contributed by atoms with Crippen molar-refractivity contribution in [2.75, 3.05) is 13.2 Å². The van der Waals surface area contributed by atoms with Crippen molar-refractivity contribution in [3.05, 3.63) is 36.3 Å². The summed E-state index contributed by atoms with van der Waals surface area (Å²) in [6.07, 6.45) is 9.04. The quantitative estimate of drug-likeness (QED) is 0.434. The fourth-order valence-corrected chi connectivity index (χ4v) is 1.66. The Labute approximate surface area is 123 Å². The van der Waals surface area contributed by atoms with E-state index in [1.807, 2.05) is 6.92 Å². The largest absolute Gasteiger partial charge is 0.382 e. The van der Waals surface area contributed by atoms with Gasteiger partial charge in [-0.3, -0.25) is 4.79 Å². The van der Waals surface area contributed by atoms with Crippen LogP contribution in [0.4, 0.5) is 0 Å². The van der Waals surface area contributed by atoms with Crippen LogP contribution in [-0.4, -0.2) is 18.3 Å². The van der Waals surface area contributed by atoms with E-state index in [0.29, 0.717) is 19.6 Å². The van der Waals surface area contributed by atoms with E-state index in [2.05, 4.69) is 27.0 Å². The minimum absolute atomic E-state index is 0.141. The number of ether oxygens (including phenoxy) is 1. The van der Waals surface area contributed by atoms with Gasteiger partial charge in [0.25, 0.3) is 0 Å². The normalized spacial score (nSPS) is 10.4.